The second-order valence-corrected chi connectivity index (χ2v) is 7.16. The number of carboxylic acid groups (broad SMARTS) is 1. The van der Waals surface area contributed by atoms with Crippen molar-refractivity contribution in [2.45, 2.75) is 64.8 Å². The standard InChI is InChI=1S/C17H29N3O2/c1-17(2,16(21)22)9-10-18-11-14-12-20(3)19-15(14)13-7-5-4-6-8-13/h12-13,18H,4-11H2,1-3H3,(H,21,22). The third-order valence-corrected chi connectivity index (χ3v) is 4.75. The van der Waals surface area contributed by atoms with Crippen molar-refractivity contribution in [1.29, 1.82) is 0 Å². The van der Waals surface area contributed by atoms with Crippen LogP contribution in [-0.2, 0) is 18.4 Å². The number of hydrogen-bond acceptors (Lipinski definition) is 3. The lowest BCUT2D eigenvalue weighted by Gasteiger charge is -2.21. The predicted molar refractivity (Wildman–Crippen MR) is 86.8 cm³/mol. The summed E-state index contributed by atoms with van der Waals surface area (Å²) in [5.41, 5.74) is 1.84. The highest BCUT2D eigenvalue weighted by Gasteiger charge is 2.26. The Labute approximate surface area is 133 Å². The van der Waals surface area contributed by atoms with Gasteiger partial charge in [-0.2, -0.15) is 5.10 Å². The van der Waals surface area contributed by atoms with Gasteiger partial charge in [0.1, 0.15) is 0 Å². The van der Waals surface area contributed by atoms with Crippen LogP contribution in [0.4, 0.5) is 0 Å². The molecule has 1 saturated carbocycles. The molecule has 0 amide bonds. The first kappa shape index (κ1) is 17.0. The number of carboxylic acids is 1. The molecule has 0 unspecified atom stereocenters. The Hall–Kier alpha value is -1.36. The van der Waals surface area contributed by atoms with Gasteiger partial charge in [0.15, 0.2) is 0 Å². The lowest BCUT2D eigenvalue weighted by molar-refractivity contribution is -0.147. The van der Waals surface area contributed by atoms with Gasteiger partial charge in [-0.05, 0) is 39.7 Å². The van der Waals surface area contributed by atoms with Gasteiger partial charge in [-0.3, -0.25) is 9.48 Å². The molecular weight excluding hydrogens is 278 g/mol. The highest BCUT2D eigenvalue weighted by molar-refractivity contribution is 5.73. The Morgan fingerprint density at radius 3 is 2.73 bits per heavy atom. The van der Waals surface area contributed by atoms with Crippen LogP contribution in [0.2, 0.25) is 0 Å². The Morgan fingerprint density at radius 2 is 2.09 bits per heavy atom. The van der Waals surface area contributed by atoms with Gasteiger partial charge in [0.25, 0.3) is 0 Å². The van der Waals surface area contributed by atoms with Crippen LogP contribution in [0.3, 0.4) is 0 Å². The molecule has 1 aliphatic carbocycles. The Morgan fingerprint density at radius 1 is 1.41 bits per heavy atom. The first-order chi connectivity index (χ1) is 10.4. The fourth-order valence-electron chi connectivity index (χ4n) is 3.14. The monoisotopic (exact) mass is 307 g/mol. The molecule has 0 bridgehead atoms. The number of carbonyl (C=O) groups is 1. The summed E-state index contributed by atoms with van der Waals surface area (Å²) in [5, 5.41) is 17.2. The third kappa shape index (κ3) is 4.32. The Bertz CT molecular complexity index is 502. The maximum Gasteiger partial charge on any atom is 0.309 e. The van der Waals surface area contributed by atoms with E-state index in [2.05, 4.69) is 16.6 Å². The predicted octanol–water partition coefficient (Wildman–Crippen LogP) is 3.06. The van der Waals surface area contributed by atoms with E-state index in [0.717, 1.165) is 6.54 Å². The zero-order chi connectivity index (χ0) is 16.2. The van der Waals surface area contributed by atoms with E-state index in [0.29, 0.717) is 18.9 Å². The largest absolute Gasteiger partial charge is 0.481 e. The summed E-state index contributed by atoms with van der Waals surface area (Å²) in [6.45, 7) is 5.02. The molecule has 1 aromatic rings. The zero-order valence-electron chi connectivity index (χ0n) is 14.1. The van der Waals surface area contributed by atoms with Crippen LogP contribution >= 0.6 is 0 Å². The molecule has 5 heteroatoms. The summed E-state index contributed by atoms with van der Waals surface area (Å²) in [6, 6.07) is 0. The van der Waals surface area contributed by atoms with E-state index in [4.69, 9.17) is 5.11 Å². The molecule has 1 aliphatic rings. The van der Waals surface area contributed by atoms with Gasteiger partial charge in [-0.15, -0.1) is 0 Å². The quantitative estimate of drug-likeness (QED) is 0.760. The minimum absolute atomic E-state index is 0.599. The number of hydrogen-bond donors (Lipinski definition) is 2. The number of aromatic nitrogens is 2. The average molecular weight is 307 g/mol. The molecule has 0 aliphatic heterocycles. The van der Waals surface area contributed by atoms with Crippen LogP contribution in [0.1, 0.15) is 69.5 Å². The van der Waals surface area contributed by atoms with E-state index in [1.54, 1.807) is 13.8 Å². The van der Waals surface area contributed by atoms with Crippen molar-refractivity contribution < 1.29 is 9.90 Å². The highest BCUT2D eigenvalue weighted by Crippen LogP contribution is 2.33. The van der Waals surface area contributed by atoms with Gasteiger partial charge < -0.3 is 10.4 Å². The van der Waals surface area contributed by atoms with E-state index in [1.165, 1.54) is 43.4 Å². The molecule has 22 heavy (non-hydrogen) atoms. The fraction of sp³-hybridized carbons (Fsp3) is 0.765. The number of aliphatic carboxylic acids is 1. The molecule has 1 heterocycles. The maximum absolute atomic E-state index is 11.1. The molecular formula is C17H29N3O2. The van der Waals surface area contributed by atoms with Gasteiger partial charge in [0, 0.05) is 31.3 Å². The Kier molecular flexibility index (Phi) is 5.62. The second-order valence-electron chi connectivity index (χ2n) is 7.16. The van der Waals surface area contributed by atoms with Crippen LogP contribution in [0.15, 0.2) is 6.20 Å². The topological polar surface area (TPSA) is 67.2 Å². The normalized spacial score (nSPS) is 16.9. The molecule has 1 fully saturated rings. The number of rotatable bonds is 7. The minimum atomic E-state index is -0.737. The van der Waals surface area contributed by atoms with E-state index in [9.17, 15) is 4.79 Å². The van der Waals surface area contributed by atoms with Crippen molar-refractivity contribution in [1.82, 2.24) is 15.1 Å². The van der Waals surface area contributed by atoms with Crippen LogP contribution < -0.4 is 5.32 Å². The maximum atomic E-state index is 11.1. The van der Waals surface area contributed by atoms with Gasteiger partial charge in [-0.25, -0.2) is 0 Å². The van der Waals surface area contributed by atoms with Crippen molar-refractivity contribution >= 4 is 5.97 Å². The molecule has 0 atom stereocenters. The van der Waals surface area contributed by atoms with Crippen molar-refractivity contribution in [3.05, 3.63) is 17.5 Å². The van der Waals surface area contributed by atoms with Crippen LogP contribution in [0.25, 0.3) is 0 Å². The second kappa shape index (κ2) is 7.27. The SMILES string of the molecule is Cn1cc(CNCCC(C)(C)C(=O)O)c(C2CCCCC2)n1. The van der Waals surface area contributed by atoms with Gasteiger partial charge >= 0.3 is 5.97 Å². The van der Waals surface area contributed by atoms with Gasteiger partial charge in [0.2, 0.25) is 0 Å². The molecule has 5 nitrogen and oxygen atoms in total. The van der Waals surface area contributed by atoms with E-state index in [-0.39, 0.29) is 0 Å². The van der Waals surface area contributed by atoms with E-state index >= 15 is 0 Å². The summed E-state index contributed by atoms with van der Waals surface area (Å²) >= 11 is 0. The molecule has 2 rings (SSSR count). The minimum Gasteiger partial charge on any atom is -0.481 e. The number of aryl methyl sites for hydroxylation is 1. The molecule has 1 aromatic heterocycles. The molecule has 0 aromatic carbocycles. The third-order valence-electron chi connectivity index (χ3n) is 4.75. The lowest BCUT2D eigenvalue weighted by Crippen LogP contribution is -2.29. The highest BCUT2D eigenvalue weighted by atomic mass is 16.4. The fourth-order valence-corrected chi connectivity index (χ4v) is 3.14. The van der Waals surface area contributed by atoms with Crippen LogP contribution in [0.5, 0.6) is 0 Å². The number of nitrogens with one attached hydrogen (secondary N) is 1. The molecule has 0 spiro atoms. The van der Waals surface area contributed by atoms with E-state index in [1.807, 2.05) is 11.7 Å². The van der Waals surface area contributed by atoms with Crippen molar-refractivity contribution in [2.75, 3.05) is 6.54 Å². The van der Waals surface area contributed by atoms with Crippen LogP contribution in [-0.4, -0.2) is 27.4 Å². The lowest BCUT2D eigenvalue weighted by atomic mass is 9.85. The smallest absolute Gasteiger partial charge is 0.309 e. The summed E-state index contributed by atoms with van der Waals surface area (Å²) in [6.07, 6.45) is 9.18. The summed E-state index contributed by atoms with van der Waals surface area (Å²) in [5.74, 6) is -0.138. The van der Waals surface area contributed by atoms with Gasteiger partial charge in [0.05, 0.1) is 11.1 Å². The Balaban J connectivity index is 1.89. The summed E-state index contributed by atoms with van der Waals surface area (Å²) < 4.78 is 1.90. The first-order valence-corrected chi connectivity index (χ1v) is 8.36. The van der Waals surface area contributed by atoms with Crippen molar-refractivity contribution in [3.8, 4) is 0 Å². The van der Waals surface area contributed by atoms with E-state index < -0.39 is 11.4 Å². The van der Waals surface area contributed by atoms with Gasteiger partial charge in [-0.1, -0.05) is 19.3 Å². The molecule has 0 saturated heterocycles. The van der Waals surface area contributed by atoms with Crippen molar-refractivity contribution in [3.63, 3.8) is 0 Å². The number of nitrogens with zero attached hydrogens (tertiary/aromatic N) is 2. The summed E-state index contributed by atoms with van der Waals surface area (Å²) in [7, 11) is 1.98. The molecule has 2 N–H and O–H groups in total. The average Bonchev–Trinajstić information content (AvgIpc) is 2.85. The van der Waals surface area contributed by atoms with Crippen LogP contribution in [0, 0.1) is 5.41 Å². The molecule has 124 valence electrons. The first-order valence-electron chi connectivity index (χ1n) is 8.36. The molecule has 0 radical (unpaired) electrons. The zero-order valence-corrected chi connectivity index (χ0v) is 14.1. The summed E-state index contributed by atoms with van der Waals surface area (Å²) in [4.78, 5) is 11.1. The van der Waals surface area contributed by atoms with Crippen molar-refractivity contribution in [2.24, 2.45) is 12.5 Å².